The van der Waals surface area contributed by atoms with Gasteiger partial charge in [-0.15, -0.1) is 0 Å². The van der Waals surface area contributed by atoms with Crippen LogP contribution < -0.4 is 4.90 Å². The van der Waals surface area contributed by atoms with Crippen molar-refractivity contribution >= 4 is 23.3 Å². The quantitative estimate of drug-likeness (QED) is 0.866. The summed E-state index contributed by atoms with van der Waals surface area (Å²) in [6.45, 7) is 0. The summed E-state index contributed by atoms with van der Waals surface area (Å²) in [6, 6.07) is 14.9. The SMILES string of the molecule is CN(C)c1ccc(C=CC2=CC(=O)c3ccccc3C2=O)cc1. The number of hydrogen-bond acceptors (Lipinski definition) is 3. The van der Waals surface area contributed by atoms with Gasteiger partial charge < -0.3 is 4.90 Å². The summed E-state index contributed by atoms with van der Waals surface area (Å²) in [5.74, 6) is -0.232. The van der Waals surface area contributed by atoms with Gasteiger partial charge >= 0.3 is 0 Å². The van der Waals surface area contributed by atoms with E-state index in [0.717, 1.165) is 11.3 Å². The smallest absolute Gasteiger partial charge is 0.193 e. The molecule has 0 aromatic heterocycles. The minimum atomic E-state index is -0.122. The van der Waals surface area contributed by atoms with Crippen molar-refractivity contribution < 1.29 is 9.59 Å². The Kier molecular flexibility index (Phi) is 3.94. The largest absolute Gasteiger partial charge is 0.378 e. The summed E-state index contributed by atoms with van der Waals surface area (Å²) in [6.07, 6.45) is 4.97. The fourth-order valence-corrected chi connectivity index (χ4v) is 2.53. The number of rotatable bonds is 3. The Balaban J connectivity index is 1.86. The van der Waals surface area contributed by atoms with Gasteiger partial charge in [0.25, 0.3) is 0 Å². The zero-order valence-electron chi connectivity index (χ0n) is 13.1. The Labute approximate surface area is 135 Å². The van der Waals surface area contributed by atoms with Crippen LogP contribution in [0.2, 0.25) is 0 Å². The number of fused-ring (bicyclic) bond motifs is 1. The van der Waals surface area contributed by atoms with Crippen molar-refractivity contribution in [1.82, 2.24) is 0 Å². The molecule has 3 nitrogen and oxygen atoms in total. The van der Waals surface area contributed by atoms with Gasteiger partial charge in [-0.05, 0) is 23.8 Å². The molecule has 0 saturated heterocycles. The molecule has 0 fully saturated rings. The lowest BCUT2D eigenvalue weighted by molar-refractivity contribution is 0.0987. The molecule has 0 spiro atoms. The molecule has 0 amide bonds. The van der Waals surface area contributed by atoms with Crippen LogP contribution in [0.3, 0.4) is 0 Å². The van der Waals surface area contributed by atoms with E-state index in [1.54, 1.807) is 30.3 Å². The van der Waals surface area contributed by atoms with Crippen LogP contribution in [0.5, 0.6) is 0 Å². The number of hydrogen-bond donors (Lipinski definition) is 0. The molecule has 0 N–H and O–H groups in total. The molecule has 114 valence electrons. The van der Waals surface area contributed by atoms with Crippen molar-refractivity contribution in [2.24, 2.45) is 0 Å². The van der Waals surface area contributed by atoms with E-state index in [4.69, 9.17) is 0 Å². The molecule has 0 unspecified atom stereocenters. The molecule has 0 aliphatic heterocycles. The van der Waals surface area contributed by atoms with Crippen LogP contribution in [-0.2, 0) is 0 Å². The number of allylic oxidation sites excluding steroid dienone is 3. The Bertz CT molecular complexity index is 827. The van der Waals surface area contributed by atoms with Crippen molar-refractivity contribution in [2.45, 2.75) is 0 Å². The van der Waals surface area contributed by atoms with E-state index in [9.17, 15) is 9.59 Å². The van der Waals surface area contributed by atoms with Crippen LogP contribution in [-0.4, -0.2) is 25.7 Å². The molecular weight excluding hydrogens is 286 g/mol. The molecule has 1 aliphatic rings. The molecule has 0 saturated carbocycles. The molecule has 3 heteroatoms. The number of anilines is 1. The second-order valence-electron chi connectivity index (χ2n) is 5.66. The topological polar surface area (TPSA) is 37.4 Å². The molecule has 2 aromatic rings. The molecule has 1 aliphatic carbocycles. The van der Waals surface area contributed by atoms with Gasteiger partial charge in [-0.2, -0.15) is 0 Å². The molecule has 2 aromatic carbocycles. The number of benzene rings is 2. The van der Waals surface area contributed by atoms with Crippen molar-refractivity contribution in [3.05, 3.63) is 82.9 Å². The monoisotopic (exact) mass is 303 g/mol. The Hall–Kier alpha value is -2.94. The van der Waals surface area contributed by atoms with Crippen molar-refractivity contribution in [3.8, 4) is 0 Å². The van der Waals surface area contributed by atoms with Gasteiger partial charge in [-0.3, -0.25) is 9.59 Å². The van der Waals surface area contributed by atoms with E-state index in [2.05, 4.69) is 0 Å². The number of nitrogens with zero attached hydrogens (tertiary/aromatic N) is 1. The minimum Gasteiger partial charge on any atom is -0.378 e. The minimum absolute atomic E-state index is 0.110. The lowest BCUT2D eigenvalue weighted by atomic mass is 9.89. The predicted molar refractivity (Wildman–Crippen MR) is 93.0 cm³/mol. The van der Waals surface area contributed by atoms with Crippen LogP contribution in [0.15, 0.2) is 66.3 Å². The highest BCUT2D eigenvalue weighted by Crippen LogP contribution is 2.22. The standard InChI is InChI=1S/C20H17NO2/c1-21(2)16-11-8-14(9-12-16)7-10-15-13-19(22)17-5-3-4-6-18(17)20(15)23/h3-13H,1-2H3. The molecule has 0 atom stereocenters. The fraction of sp³-hybridized carbons (Fsp3) is 0.100. The van der Waals surface area contributed by atoms with E-state index in [1.807, 2.05) is 49.3 Å². The van der Waals surface area contributed by atoms with Gasteiger partial charge in [0.2, 0.25) is 0 Å². The molecule has 23 heavy (non-hydrogen) atoms. The first-order valence-electron chi connectivity index (χ1n) is 7.41. The zero-order chi connectivity index (χ0) is 16.4. The van der Waals surface area contributed by atoms with E-state index < -0.39 is 0 Å². The van der Waals surface area contributed by atoms with Gasteiger partial charge in [0.05, 0.1) is 0 Å². The lowest BCUT2D eigenvalue weighted by Crippen LogP contribution is -2.15. The Morgan fingerprint density at radius 2 is 1.48 bits per heavy atom. The van der Waals surface area contributed by atoms with E-state index in [0.29, 0.717) is 16.7 Å². The average Bonchev–Trinajstić information content (AvgIpc) is 2.57. The third-order valence-corrected chi connectivity index (χ3v) is 3.85. The van der Waals surface area contributed by atoms with Crippen LogP contribution in [0.1, 0.15) is 26.3 Å². The maximum absolute atomic E-state index is 12.4. The summed E-state index contributed by atoms with van der Waals surface area (Å²) in [5, 5.41) is 0. The van der Waals surface area contributed by atoms with E-state index in [-0.39, 0.29) is 11.6 Å². The third kappa shape index (κ3) is 2.99. The molecule has 0 radical (unpaired) electrons. The summed E-state index contributed by atoms with van der Waals surface area (Å²) in [4.78, 5) is 26.6. The van der Waals surface area contributed by atoms with Crippen LogP contribution in [0.4, 0.5) is 5.69 Å². The van der Waals surface area contributed by atoms with Gasteiger partial charge in [0, 0.05) is 36.5 Å². The molecule has 0 heterocycles. The second kappa shape index (κ2) is 6.05. The molecule has 0 bridgehead atoms. The van der Waals surface area contributed by atoms with Crippen LogP contribution in [0.25, 0.3) is 6.08 Å². The van der Waals surface area contributed by atoms with Gasteiger partial charge in [-0.1, -0.05) is 48.6 Å². The maximum Gasteiger partial charge on any atom is 0.193 e. The lowest BCUT2D eigenvalue weighted by Gasteiger charge is -2.13. The predicted octanol–water partition coefficient (Wildman–Crippen LogP) is 3.77. The van der Waals surface area contributed by atoms with Gasteiger partial charge in [0.1, 0.15) is 0 Å². The van der Waals surface area contributed by atoms with E-state index >= 15 is 0 Å². The third-order valence-electron chi connectivity index (χ3n) is 3.85. The first-order valence-corrected chi connectivity index (χ1v) is 7.41. The summed E-state index contributed by atoms with van der Waals surface area (Å²) in [7, 11) is 3.97. The van der Waals surface area contributed by atoms with Crippen molar-refractivity contribution in [1.29, 1.82) is 0 Å². The Morgan fingerprint density at radius 1 is 0.826 bits per heavy atom. The zero-order valence-corrected chi connectivity index (χ0v) is 13.1. The number of carbonyl (C=O) groups is 2. The first kappa shape index (κ1) is 15.0. The first-order chi connectivity index (χ1) is 11.1. The van der Waals surface area contributed by atoms with Crippen LogP contribution >= 0.6 is 0 Å². The van der Waals surface area contributed by atoms with Gasteiger partial charge in [-0.25, -0.2) is 0 Å². The average molecular weight is 303 g/mol. The Morgan fingerprint density at radius 3 is 2.13 bits per heavy atom. The highest BCUT2D eigenvalue weighted by atomic mass is 16.1. The van der Waals surface area contributed by atoms with Gasteiger partial charge in [0.15, 0.2) is 11.6 Å². The normalized spacial score (nSPS) is 13.9. The number of ketones is 2. The molecular formula is C20H17NO2. The second-order valence-corrected chi connectivity index (χ2v) is 5.66. The van der Waals surface area contributed by atoms with Crippen LogP contribution in [0, 0.1) is 0 Å². The fourth-order valence-electron chi connectivity index (χ4n) is 2.53. The maximum atomic E-state index is 12.4. The van der Waals surface area contributed by atoms with Crippen molar-refractivity contribution in [3.63, 3.8) is 0 Å². The molecule has 3 rings (SSSR count). The van der Waals surface area contributed by atoms with Crippen molar-refractivity contribution in [2.75, 3.05) is 19.0 Å². The number of Topliss-reactive ketones (excluding diaryl/α,β-unsaturated/α-hetero) is 1. The highest BCUT2D eigenvalue weighted by Gasteiger charge is 2.23. The summed E-state index contributed by atoms with van der Waals surface area (Å²) < 4.78 is 0. The summed E-state index contributed by atoms with van der Waals surface area (Å²) in [5.41, 5.74) is 3.47. The highest BCUT2D eigenvalue weighted by molar-refractivity contribution is 6.25. The van der Waals surface area contributed by atoms with E-state index in [1.165, 1.54) is 6.08 Å². The summed E-state index contributed by atoms with van der Waals surface area (Å²) >= 11 is 0. The number of carbonyl (C=O) groups excluding carboxylic acids is 2.